The molecule has 1 aromatic heterocycles. The van der Waals surface area contributed by atoms with Crippen molar-refractivity contribution in [1.82, 2.24) is 19.4 Å². The molecule has 0 radical (unpaired) electrons. The van der Waals surface area contributed by atoms with Crippen molar-refractivity contribution in [3.05, 3.63) is 77.6 Å². The number of hydrogen-bond acceptors (Lipinski definition) is 5. The third-order valence-electron chi connectivity index (χ3n) is 6.26. The van der Waals surface area contributed by atoms with Gasteiger partial charge in [-0.1, -0.05) is 24.3 Å². The Labute approximate surface area is 191 Å². The lowest BCUT2D eigenvalue weighted by Gasteiger charge is -2.27. The van der Waals surface area contributed by atoms with E-state index in [2.05, 4.69) is 76.8 Å². The fourth-order valence-corrected chi connectivity index (χ4v) is 4.65. The number of likely N-dealkylation sites (tertiary alicyclic amines) is 1. The van der Waals surface area contributed by atoms with E-state index >= 15 is 0 Å². The molecule has 6 nitrogen and oxygen atoms in total. The first-order valence-electron chi connectivity index (χ1n) is 10.6. The minimum atomic E-state index is 0.293. The second-order valence-corrected chi connectivity index (χ2v) is 9.06. The highest BCUT2D eigenvalue weighted by Gasteiger charge is 2.29. The summed E-state index contributed by atoms with van der Waals surface area (Å²) in [6, 6.07) is 16.5. The highest BCUT2D eigenvalue weighted by Crippen LogP contribution is 2.28. The summed E-state index contributed by atoms with van der Waals surface area (Å²) >= 11 is 3.53. The number of aromatic nitrogens is 2. The average Bonchev–Trinajstić information content (AvgIpc) is 3.52. The number of anilines is 1. The van der Waals surface area contributed by atoms with Crippen molar-refractivity contribution >= 4 is 21.6 Å². The summed E-state index contributed by atoms with van der Waals surface area (Å²) in [5.74, 6) is 1.39. The molecule has 0 spiro atoms. The van der Waals surface area contributed by atoms with Gasteiger partial charge in [0.1, 0.15) is 16.2 Å². The van der Waals surface area contributed by atoms with Crippen LogP contribution in [0.4, 0.5) is 5.69 Å². The molecule has 3 heterocycles. The summed E-state index contributed by atoms with van der Waals surface area (Å²) in [7, 11) is 2.05. The topological polar surface area (TPSA) is 47.8 Å². The number of imidazole rings is 1. The van der Waals surface area contributed by atoms with E-state index in [1.807, 2.05) is 25.4 Å². The highest BCUT2D eigenvalue weighted by atomic mass is 79.9. The summed E-state index contributed by atoms with van der Waals surface area (Å²) in [6.07, 6.45) is 7.44. The minimum absolute atomic E-state index is 0.293. The van der Waals surface area contributed by atoms with Crippen molar-refractivity contribution in [2.75, 3.05) is 24.7 Å². The zero-order chi connectivity index (χ0) is 21.4. The summed E-state index contributed by atoms with van der Waals surface area (Å²) in [5.41, 5.74) is 3.44. The Morgan fingerprint density at radius 1 is 1.03 bits per heavy atom. The van der Waals surface area contributed by atoms with Gasteiger partial charge in [-0.15, -0.1) is 0 Å². The minimum Gasteiger partial charge on any atom is -0.508 e. The summed E-state index contributed by atoms with van der Waals surface area (Å²) < 4.78 is 3.12. The highest BCUT2D eigenvalue weighted by molar-refractivity contribution is 9.10. The van der Waals surface area contributed by atoms with Crippen molar-refractivity contribution in [3.63, 3.8) is 0 Å². The van der Waals surface area contributed by atoms with Crippen LogP contribution in [-0.2, 0) is 13.6 Å². The molecule has 0 bridgehead atoms. The van der Waals surface area contributed by atoms with Crippen LogP contribution >= 0.6 is 15.9 Å². The first-order valence-corrected chi connectivity index (χ1v) is 11.3. The Kier molecular flexibility index (Phi) is 5.46. The number of phenols is 1. The molecule has 0 unspecified atom stereocenters. The maximum Gasteiger partial charge on any atom is 0.123 e. The van der Waals surface area contributed by atoms with Gasteiger partial charge in [-0.05, 0) is 57.7 Å². The van der Waals surface area contributed by atoms with Crippen LogP contribution in [0.15, 0.2) is 71.7 Å². The van der Waals surface area contributed by atoms with E-state index in [1.54, 1.807) is 12.1 Å². The lowest BCUT2D eigenvalue weighted by molar-refractivity contribution is 0.261. The first kappa shape index (κ1) is 20.2. The number of phenolic OH excluding ortho intramolecular Hbond substituents is 1. The maximum absolute atomic E-state index is 9.48. The van der Waals surface area contributed by atoms with Gasteiger partial charge in [0.2, 0.25) is 0 Å². The number of nitrogens with zero attached hydrogens (tertiary/aromatic N) is 5. The monoisotopic (exact) mass is 479 g/mol. The van der Waals surface area contributed by atoms with Gasteiger partial charge in [-0.25, -0.2) is 4.98 Å². The molecule has 7 heteroatoms. The predicted molar refractivity (Wildman–Crippen MR) is 126 cm³/mol. The van der Waals surface area contributed by atoms with Crippen LogP contribution in [-0.4, -0.2) is 50.3 Å². The number of hydrogen-bond donors (Lipinski definition) is 1. The predicted octanol–water partition coefficient (Wildman–Crippen LogP) is 4.38. The molecular weight excluding hydrogens is 454 g/mol. The zero-order valence-corrected chi connectivity index (χ0v) is 19.1. The molecule has 5 rings (SSSR count). The van der Waals surface area contributed by atoms with Gasteiger partial charge in [0.25, 0.3) is 0 Å². The van der Waals surface area contributed by atoms with Crippen LogP contribution in [0.3, 0.4) is 0 Å². The zero-order valence-electron chi connectivity index (χ0n) is 17.5. The lowest BCUT2D eigenvalue weighted by Crippen LogP contribution is -2.36. The normalized spacial score (nSPS) is 19.0. The first-order chi connectivity index (χ1) is 15.1. The molecule has 0 aliphatic carbocycles. The van der Waals surface area contributed by atoms with E-state index in [4.69, 9.17) is 0 Å². The Hall–Kier alpha value is -2.77. The van der Waals surface area contributed by atoms with Crippen LogP contribution < -0.4 is 4.90 Å². The molecule has 1 N–H and O–H groups in total. The van der Waals surface area contributed by atoms with Crippen molar-refractivity contribution in [2.45, 2.75) is 19.0 Å². The van der Waals surface area contributed by atoms with Crippen LogP contribution in [0, 0.1) is 0 Å². The molecule has 2 aliphatic heterocycles. The van der Waals surface area contributed by atoms with E-state index in [0.717, 1.165) is 47.9 Å². The van der Waals surface area contributed by atoms with Gasteiger partial charge in [0.05, 0.1) is 19.4 Å². The molecule has 1 fully saturated rings. The number of rotatable bonds is 5. The van der Waals surface area contributed by atoms with Gasteiger partial charge >= 0.3 is 0 Å². The molecule has 0 saturated carbocycles. The maximum atomic E-state index is 9.48. The van der Waals surface area contributed by atoms with Gasteiger partial charge in [0, 0.05) is 44.3 Å². The SMILES string of the molecule is Cn1c(Br)cnc1CN1CC[C@H](N2C=CN(c3ccc(-c4ccc(O)cc4)cc3)C2)C1. The van der Waals surface area contributed by atoms with Crippen molar-refractivity contribution < 1.29 is 5.11 Å². The molecule has 3 aromatic rings. The van der Waals surface area contributed by atoms with Crippen LogP contribution in [0.25, 0.3) is 11.1 Å². The number of benzene rings is 2. The van der Waals surface area contributed by atoms with E-state index < -0.39 is 0 Å². The molecule has 1 saturated heterocycles. The summed E-state index contributed by atoms with van der Waals surface area (Å²) in [5, 5.41) is 9.48. The van der Waals surface area contributed by atoms with Gasteiger partial charge < -0.3 is 19.5 Å². The Balaban J connectivity index is 1.18. The van der Waals surface area contributed by atoms with Crippen molar-refractivity contribution in [3.8, 4) is 16.9 Å². The molecular formula is C24H26BrN5O. The Morgan fingerprint density at radius 3 is 2.42 bits per heavy atom. The van der Waals surface area contributed by atoms with Crippen LogP contribution in [0.5, 0.6) is 5.75 Å². The molecule has 2 aromatic carbocycles. The fourth-order valence-electron chi connectivity index (χ4n) is 4.34. The molecule has 160 valence electrons. The van der Waals surface area contributed by atoms with E-state index in [1.165, 1.54) is 12.1 Å². The van der Waals surface area contributed by atoms with Gasteiger partial charge in [-0.3, -0.25) is 4.90 Å². The fraction of sp³-hybridized carbons (Fsp3) is 0.292. The Bertz CT molecular complexity index is 1080. The average molecular weight is 480 g/mol. The van der Waals surface area contributed by atoms with E-state index in [-0.39, 0.29) is 0 Å². The van der Waals surface area contributed by atoms with E-state index in [9.17, 15) is 5.11 Å². The molecule has 0 amide bonds. The molecule has 31 heavy (non-hydrogen) atoms. The second kappa shape index (κ2) is 8.40. The number of halogens is 1. The van der Waals surface area contributed by atoms with Crippen molar-refractivity contribution in [1.29, 1.82) is 0 Å². The Morgan fingerprint density at radius 2 is 1.74 bits per heavy atom. The standard InChI is InChI=1S/C24H26BrN5O/c1-27-23(25)14-26-24(27)16-28-11-10-21(15-28)30-13-12-29(17-30)20-6-2-18(3-7-20)19-4-8-22(31)9-5-19/h2-9,12-14,21,31H,10-11,15-17H2,1H3/t21-/m0/s1. The largest absolute Gasteiger partial charge is 0.508 e. The van der Waals surface area contributed by atoms with Gasteiger partial charge in [0.15, 0.2) is 0 Å². The smallest absolute Gasteiger partial charge is 0.123 e. The molecule has 2 aliphatic rings. The third kappa shape index (κ3) is 4.20. The van der Waals surface area contributed by atoms with Gasteiger partial charge in [-0.2, -0.15) is 0 Å². The van der Waals surface area contributed by atoms with Crippen molar-refractivity contribution in [2.24, 2.45) is 7.05 Å². The van der Waals surface area contributed by atoms with Crippen LogP contribution in [0.1, 0.15) is 12.2 Å². The summed E-state index contributed by atoms with van der Waals surface area (Å²) in [6.45, 7) is 3.92. The quantitative estimate of drug-likeness (QED) is 0.588. The third-order valence-corrected chi connectivity index (χ3v) is 7.00. The summed E-state index contributed by atoms with van der Waals surface area (Å²) in [4.78, 5) is 11.7. The van der Waals surface area contributed by atoms with Crippen LogP contribution in [0.2, 0.25) is 0 Å². The lowest BCUT2D eigenvalue weighted by atomic mass is 10.1. The number of aromatic hydroxyl groups is 1. The van der Waals surface area contributed by atoms with E-state index in [0.29, 0.717) is 11.8 Å². The second-order valence-electron chi connectivity index (χ2n) is 8.25. The molecule has 1 atom stereocenters.